The predicted octanol–water partition coefficient (Wildman–Crippen LogP) is 4.77. The van der Waals surface area contributed by atoms with Crippen LogP contribution in [0.2, 0.25) is 10.0 Å². The van der Waals surface area contributed by atoms with Gasteiger partial charge in [-0.05, 0) is 48.5 Å². The third-order valence-electron chi connectivity index (χ3n) is 4.65. The van der Waals surface area contributed by atoms with E-state index in [1.165, 1.54) is 4.90 Å². The van der Waals surface area contributed by atoms with Crippen LogP contribution < -0.4 is 4.90 Å². The third kappa shape index (κ3) is 5.30. The number of benzene rings is 2. The summed E-state index contributed by atoms with van der Waals surface area (Å²) in [5.74, 6) is -1.64. The summed E-state index contributed by atoms with van der Waals surface area (Å²) in [5.41, 5.74) is 1.03. The average molecular weight is 455 g/mol. The molecule has 0 aliphatic carbocycles. The zero-order valence-electron chi connectivity index (χ0n) is 15.3. The van der Waals surface area contributed by atoms with Crippen LogP contribution in [0.25, 0.3) is 0 Å². The number of esters is 1. The molecule has 0 unspecified atom stereocenters. The van der Waals surface area contributed by atoms with Gasteiger partial charge in [0.15, 0.2) is 6.10 Å². The first-order valence-corrected chi connectivity index (χ1v) is 10.3. The molecule has 5 nitrogen and oxygen atoms in total. The van der Waals surface area contributed by atoms with Crippen LogP contribution in [0.1, 0.15) is 23.2 Å². The monoisotopic (exact) mass is 453 g/mol. The Morgan fingerprint density at radius 1 is 1.03 bits per heavy atom. The SMILES string of the molecule is O=C(O[C@H](CCCl)C(=O)c1ccc(Cl)cc1)[C@@H]1CC(=O)N(c2ccc(Cl)cc2)C1. The first kappa shape index (κ1) is 21.6. The Hall–Kier alpha value is -2.08. The number of hydrogen-bond acceptors (Lipinski definition) is 4. The second kappa shape index (κ2) is 9.61. The molecule has 1 heterocycles. The van der Waals surface area contributed by atoms with Gasteiger partial charge < -0.3 is 9.64 Å². The average Bonchev–Trinajstić information content (AvgIpc) is 3.10. The molecular formula is C21H18Cl3NO4. The Bertz CT molecular complexity index is 899. The van der Waals surface area contributed by atoms with Gasteiger partial charge in [0.1, 0.15) is 0 Å². The summed E-state index contributed by atoms with van der Waals surface area (Å²) in [7, 11) is 0. The topological polar surface area (TPSA) is 63.7 Å². The minimum atomic E-state index is -1.01. The van der Waals surface area contributed by atoms with Crippen LogP contribution in [0.5, 0.6) is 0 Å². The maximum atomic E-state index is 12.7. The fourth-order valence-electron chi connectivity index (χ4n) is 3.12. The molecule has 1 amide bonds. The highest BCUT2D eigenvalue weighted by Gasteiger charge is 2.38. The lowest BCUT2D eigenvalue weighted by Crippen LogP contribution is -2.32. The van der Waals surface area contributed by atoms with Crippen molar-refractivity contribution in [3.8, 4) is 0 Å². The maximum Gasteiger partial charge on any atom is 0.312 e. The van der Waals surface area contributed by atoms with E-state index in [4.69, 9.17) is 39.5 Å². The molecule has 152 valence electrons. The van der Waals surface area contributed by atoms with Gasteiger partial charge in [-0.15, -0.1) is 11.6 Å². The van der Waals surface area contributed by atoms with E-state index in [1.54, 1.807) is 48.5 Å². The fraction of sp³-hybridized carbons (Fsp3) is 0.286. The Balaban J connectivity index is 1.68. The number of carbonyl (C=O) groups excluding carboxylic acids is 3. The molecule has 0 aromatic heterocycles. The molecule has 2 aromatic rings. The maximum absolute atomic E-state index is 12.7. The number of alkyl halides is 1. The Kier molecular flexibility index (Phi) is 7.17. The Morgan fingerprint density at radius 2 is 1.62 bits per heavy atom. The number of amides is 1. The van der Waals surface area contributed by atoms with Crippen molar-refractivity contribution in [3.05, 3.63) is 64.1 Å². The van der Waals surface area contributed by atoms with Crippen molar-refractivity contribution in [1.82, 2.24) is 0 Å². The van der Waals surface area contributed by atoms with Crippen LogP contribution in [0, 0.1) is 5.92 Å². The summed E-state index contributed by atoms with van der Waals surface area (Å²) in [6.45, 7) is 0.183. The zero-order chi connectivity index (χ0) is 21.0. The summed E-state index contributed by atoms with van der Waals surface area (Å²) >= 11 is 17.5. The summed E-state index contributed by atoms with van der Waals surface area (Å²) in [5, 5.41) is 1.06. The summed E-state index contributed by atoms with van der Waals surface area (Å²) in [4.78, 5) is 39.2. The van der Waals surface area contributed by atoms with Crippen molar-refractivity contribution < 1.29 is 19.1 Å². The van der Waals surface area contributed by atoms with Crippen LogP contribution in [-0.4, -0.2) is 36.2 Å². The van der Waals surface area contributed by atoms with Gasteiger partial charge in [0.2, 0.25) is 11.7 Å². The highest BCUT2D eigenvalue weighted by molar-refractivity contribution is 6.31. The quantitative estimate of drug-likeness (QED) is 0.343. The van der Waals surface area contributed by atoms with Gasteiger partial charge in [-0.25, -0.2) is 0 Å². The van der Waals surface area contributed by atoms with Crippen molar-refractivity contribution in [1.29, 1.82) is 0 Å². The number of nitrogens with zero attached hydrogens (tertiary/aromatic N) is 1. The second-order valence-corrected chi connectivity index (χ2v) is 7.91. The van der Waals surface area contributed by atoms with Gasteiger partial charge in [-0.3, -0.25) is 14.4 Å². The molecule has 0 radical (unpaired) electrons. The molecular weight excluding hydrogens is 437 g/mol. The van der Waals surface area contributed by atoms with Gasteiger partial charge >= 0.3 is 5.97 Å². The van der Waals surface area contributed by atoms with E-state index in [2.05, 4.69) is 0 Å². The lowest BCUT2D eigenvalue weighted by molar-refractivity contribution is -0.151. The first-order chi connectivity index (χ1) is 13.9. The number of carbonyl (C=O) groups is 3. The van der Waals surface area contributed by atoms with Crippen molar-refractivity contribution in [2.24, 2.45) is 5.92 Å². The van der Waals surface area contributed by atoms with E-state index in [1.807, 2.05) is 0 Å². The number of rotatable bonds is 7. The van der Waals surface area contributed by atoms with Crippen molar-refractivity contribution in [2.75, 3.05) is 17.3 Å². The van der Waals surface area contributed by atoms with Crippen LogP contribution in [0.3, 0.4) is 0 Å². The molecule has 0 N–H and O–H groups in total. The number of ether oxygens (including phenoxy) is 1. The van der Waals surface area contributed by atoms with Gasteiger partial charge in [0.25, 0.3) is 0 Å². The normalized spacial score (nSPS) is 17.3. The van der Waals surface area contributed by atoms with E-state index in [0.717, 1.165) is 0 Å². The number of anilines is 1. The first-order valence-electron chi connectivity index (χ1n) is 9.01. The van der Waals surface area contributed by atoms with E-state index < -0.39 is 18.0 Å². The molecule has 0 spiro atoms. The van der Waals surface area contributed by atoms with Crippen molar-refractivity contribution in [3.63, 3.8) is 0 Å². The Labute approximate surface area is 183 Å². The van der Waals surface area contributed by atoms with Gasteiger partial charge in [0.05, 0.1) is 5.92 Å². The Morgan fingerprint density at radius 3 is 2.21 bits per heavy atom. The molecule has 2 atom stereocenters. The minimum absolute atomic E-state index is 0.0180. The summed E-state index contributed by atoms with van der Waals surface area (Å²) < 4.78 is 5.47. The largest absolute Gasteiger partial charge is 0.454 e. The van der Waals surface area contributed by atoms with E-state index in [-0.39, 0.29) is 37.0 Å². The molecule has 29 heavy (non-hydrogen) atoms. The number of ketones is 1. The van der Waals surface area contributed by atoms with E-state index >= 15 is 0 Å². The van der Waals surface area contributed by atoms with Gasteiger partial charge in [0, 0.05) is 46.6 Å². The van der Waals surface area contributed by atoms with Crippen LogP contribution >= 0.6 is 34.8 Å². The molecule has 1 saturated heterocycles. The third-order valence-corrected chi connectivity index (χ3v) is 5.37. The second-order valence-electron chi connectivity index (χ2n) is 6.66. The van der Waals surface area contributed by atoms with E-state index in [9.17, 15) is 14.4 Å². The van der Waals surface area contributed by atoms with Crippen LogP contribution in [-0.2, 0) is 14.3 Å². The predicted molar refractivity (Wildman–Crippen MR) is 113 cm³/mol. The molecule has 0 saturated carbocycles. The van der Waals surface area contributed by atoms with Gasteiger partial charge in [-0.2, -0.15) is 0 Å². The summed E-state index contributed by atoms with van der Waals surface area (Å²) in [6, 6.07) is 13.1. The fourth-order valence-corrected chi connectivity index (χ4v) is 3.57. The molecule has 8 heteroatoms. The molecule has 0 bridgehead atoms. The number of Topliss-reactive ketones (excluding diaryl/α,β-unsaturated/α-hetero) is 1. The zero-order valence-corrected chi connectivity index (χ0v) is 17.6. The minimum Gasteiger partial charge on any atom is -0.454 e. The molecule has 1 aliphatic rings. The summed E-state index contributed by atoms with van der Waals surface area (Å²) in [6.07, 6.45) is -0.818. The lowest BCUT2D eigenvalue weighted by Gasteiger charge is -2.19. The molecule has 1 fully saturated rings. The van der Waals surface area contributed by atoms with Crippen LogP contribution in [0.4, 0.5) is 5.69 Å². The molecule has 1 aliphatic heterocycles. The lowest BCUT2D eigenvalue weighted by atomic mass is 10.0. The van der Waals surface area contributed by atoms with Crippen molar-refractivity contribution >= 4 is 58.1 Å². The smallest absolute Gasteiger partial charge is 0.312 e. The van der Waals surface area contributed by atoms with Crippen LogP contribution in [0.15, 0.2) is 48.5 Å². The molecule has 2 aromatic carbocycles. The highest BCUT2D eigenvalue weighted by Crippen LogP contribution is 2.27. The van der Waals surface area contributed by atoms with Crippen molar-refractivity contribution in [2.45, 2.75) is 18.9 Å². The molecule has 3 rings (SSSR count). The number of halogens is 3. The number of hydrogen-bond donors (Lipinski definition) is 0. The van der Waals surface area contributed by atoms with E-state index in [0.29, 0.717) is 21.3 Å². The highest BCUT2D eigenvalue weighted by atomic mass is 35.5. The van der Waals surface area contributed by atoms with Gasteiger partial charge in [-0.1, -0.05) is 23.2 Å². The standard InChI is InChI=1S/C21H18Cl3NO4/c22-10-9-18(20(27)13-1-3-15(23)4-2-13)29-21(28)14-11-19(26)25(12-14)17-7-5-16(24)6-8-17/h1-8,14,18H,9-12H2/t14-,18-/m1/s1.